The molecule has 1 saturated heterocycles. The Balaban J connectivity index is 1.81. The second-order valence-electron chi connectivity index (χ2n) is 6.06. The van der Waals surface area contributed by atoms with Crippen LogP contribution in [0.3, 0.4) is 0 Å². The molecule has 0 radical (unpaired) electrons. The van der Waals surface area contributed by atoms with Gasteiger partial charge in [-0.05, 0) is 31.5 Å². The molecule has 0 amide bonds. The van der Waals surface area contributed by atoms with Gasteiger partial charge in [0.05, 0.1) is 19.3 Å². The Labute approximate surface area is 125 Å². The van der Waals surface area contributed by atoms with Crippen molar-refractivity contribution in [2.24, 2.45) is 0 Å². The summed E-state index contributed by atoms with van der Waals surface area (Å²) in [6.07, 6.45) is -0.591. The Morgan fingerprint density at radius 2 is 1.71 bits per heavy atom. The number of fused-ring (bicyclic) bond motifs is 1. The molecule has 1 unspecified atom stereocenters. The van der Waals surface area contributed by atoms with E-state index in [0.717, 1.165) is 43.4 Å². The van der Waals surface area contributed by atoms with Gasteiger partial charge in [-0.2, -0.15) is 0 Å². The number of hydrogen-bond donors (Lipinski definition) is 1. The monoisotopic (exact) mass is 293 g/mol. The molecule has 0 bridgehead atoms. The highest BCUT2D eigenvalue weighted by Crippen LogP contribution is 2.37. The summed E-state index contributed by atoms with van der Waals surface area (Å²) in [5.74, 6) is 1.47. The number of aliphatic hydroxyl groups is 1. The van der Waals surface area contributed by atoms with Crippen molar-refractivity contribution >= 4 is 0 Å². The van der Waals surface area contributed by atoms with Crippen molar-refractivity contribution < 1.29 is 19.3 Å². The van der Waals surface area contributed by atoms with Gasteiger partial charge >= 0.3 is 0 Å². The first-order chi connectivity index (χ1) is 10.1. The zero-order valence-corrected chi connectivity index (χ0v) is 12.7. The van der Waals surface area contributed by atoms with Crippen LogP contribution < -0.4 is 9.47 Å². The van der Waals surface area contributed by atoms with Gasteiger partial charge in [0.25, 0.3) is 0 Å². The van der Waals surface area contributed by atoms with Gasteiger partial charge in [0.2, 0.25) is 0 Å². The SMILES string of the molecule is CC(C)(C(O)c1ccc2c(c1)OCCO2)N1CCOCC1. The number of rotatable bonds is 3. The second kappa shape index (κ2) is 5.83. The highest BCUT2D eigenvalue weighted by Gasteiger charge is 2.36. The van der Waals surface area contributed by atoms with Gasteiger partial charge in [0.1, 0.15) is 13.2 Å². The summed E-state index contributed by atoms with van der Waals surface area (Å²) >= 11 is 0. The van der Waals surface area contributed by atoms with Crippen LogP contribution in [0.4, 0.5) is 0 Å². The summed E-state index contributed by atoms with van der Waals surface area (Å²) < 4.78 is 16.5. The average Bonchev–Trinajstić information content (AvgIpc) is 2.54. The lowest BCUT2D eigenvalue weighted by molar-refractivity contribution is -0.0631. The summed E-state index contributed by atoms with van der Waals surface area (Å²) in [6, 6.07) is 5.68. The lowest BCUT2D eigenvalue weighted by Gasteiger charge is -2.44. The van der Waals surface area contributed by atoms with Crippen molar-refractivity contribution in [1.29, 1.82) is 0 Å². The van der Waals surface area contributed by atoms with Crippen LogP contribution in [0.25, 0.3) is 0 Å². The number of benzene rings is 1. The minimum Gasteiger partial charge on any atom is -0.486 e. The molecule has 1 fully saturated rings. The van der Waals surface area contributed by atoms with E-state index in [9.17, 15) is 5.11 Å². The molecule has 5 heteroatoms. The van der Waals surface area contributed by atoms with Gasteiger partial charge in [-0.3, -0.25) is 4.90 Å². The number of ether oxygens (including phenoxy) is 3. The number of aliphatic hydroxyl groups excluding tert-OH is 1. The molecule has 1 aromatic rings. The van der Waals surface area contributed by atoms with E-state index in [2.05, 4.69) is 18.7 Å². The molecule has 0 aliphatic carbocycles. The van der Waals surface area contributed by atoms with Gasteiger partial charge in [-0.15, -0.1) is 0 Å². The van der Waals surface area contributed by atoms with E-state index in [4.69, 9.17) is 14.2 Å². The van der Waals surface area contributed by atoms with Gasteiger partial charge in [-0.1, -0.05) is 6.07 Å². The van der Waals surface area contributed by atoms with Crippen molar-refractivity contribution in [2.45, 2.75) is 25.5 Å². The first-order valence-corrected chi connectivity index (χ1v) is 7.49. The molecule has 1 N–H and O–H groups in total. The molecule has 3 rings (SSSR count). The Kier molecular flexibility index (Phi) is 4.06. The number of morpholine rings is 1. The van der Waals surface area contributed by atoms with Crippen molar-refractivity contribution in [3.63, 3.8) is 0 Å². The number of nitrogens with zero attached hydrogens (tertiary/aromatic N) is 1. The normalized spacial score (nSPS) is 21.1. The van der Waals surface area contributed by atoms with Crippen LogP contribution in [-0.2, 0) is 4.74 Å². The minimum absolute atomic E-state index is 0.354. The van der Waals surface area contributed by atoms with Crippen molar-refractivity contribution in [3.8, 4) is 11.5 Å². The smallest absolute Gasteiger partial charge is 0.161 e. The van der Waals surface area contributed by atoms with E-state index in [-0.39, 0.29) is 5.54 Å². The summed E-state index contributed by atoms with van der Waals surface area (Å²) in [7, 11) is 0. The topological polar surface area (TPSA) is 51.2 Å². The van der Waals surface area contributed by atoms with E-state index in [1.807, 2.05) is 18.2 Å². The first-order valence-electron chi connectivity index (χ1n) is 7.49. The predicted octanol–water partition coefficient (Wildman–Crippen LogP) is 1.60. The van der Waals surface area contributed by atoms with Crippen molar-refractivity contribution in [2.75, 3.05) is 39.5 Å². The maximum absolute atomic E-state index is 10.8. The zero-order chi connectivity index (χ0) is 14.9. The fraction of sp³-hybridized carbons (Fsp3) is 0.625. The van der Waals surface area contributed by atoms with Gasteiger partial charge in [0, 0.05) is 18.6 Å². The molecule has 2 aliphatic rings. The fourth-order valence-electron chi connectivity index (χ4n) is 2.95. The van der Waals surface area contributed by atoms with E-state index in [1.54, 1.807) is 0 Å². The summed E-state index contributed by atoms with van der Waals surface area (Å²) in [6.45, 7) is 8.39. The molecular weight excluding hydrogens is 270 g/mol. The minimum atomic E-state index is -0.591. The van der Waals surface area contributed by atoms with E-state index in [0.29, 0.717) is 13.2 Å². The molecule has 0 spiro atoms. The van der Waals surface area contributed by atoms with Gasteiger partial charge in [0.15, 0.2) is 11.5 Å². The maximum atomic E-state index is 10.8. The molecule has 116 valence electrons. The van der Waals surface area contributed by atoms with Crippen LogP contribution in [0.1, 0.15) is 25.5 Å². The number of hydrogen-bond acceptors (Lipinski definition) is 5. The molecule has 2 heterocycles. The Bertz CT molecular complexity index is 497. The third-order valence-corrected chi connectivity index (χ3v) is 4.38. The van der Waals surface area contributed by atoms with Crippen LogP contribution >= 0.6 is 0 Å². The quantitative estimate of drug-likeness (QED) is 0.917. The standard InChI is InChI=1S/C16H23NO4/c1-16(2,17-5-7-19-8-6-17)15(18)12-3-4-13-14(11-12)21-10-9-20-13/h3-4,11,15,18H,5-10H2,1-2H3. The molecular formula is C16H23NO4. The molecule has 0 aromatic heterocycles. The summed E-state index contributed by atoms with van der Waals surface area (Å²) in [4.78, 5) is 2.28. The van der Waals surface area contributed by atoms with Crippen LogP contribution in [0.15, 0.2) is 18.2 Å². The summed E-state index contributed by atoms with van der Waals surface area (Å²) in [5, 5.41) is 10.8. The van der Waals surface area contributed by atoms with Crippen molar-refractivity contribution in [3.05, 3.63) is 23.8 Å². The lowest BCUT2D eigenvalue weighted by Crippen LogP contribution is -2.53. The predicted molar refractivity (Wildman–Crippen MR) is 78.9 cm³/mol. The Hall–Kier alpha value is -1.30. The van der Waals surface area contributed by atoms with Crippen molar-refractivity contribution in [1.82, 2.24) is 4.90 Å². The highest BCUT2D eigenvalue weighted by atomic mass is 16.6. The van der Waals surface area contributed by atoms with E-state index in [1.165, 1.54) is 0 Å². The molecule has 5 nitrogen and oxygen atoms in total. The van der Waals surface area contributed by atoms with E-state index >= 15 is 0 Å². The average molecular weight is 293 g/mol. The fourth-order valence-corrected chi connectivity index (χ4v) is 2.95. The van der Waals surface area contributed by atoms with E-state index < -0.39 is 6.10 Å². The third-order valence-electron chi connectivity index (χ3n) is 4.38. The molecule has 2 aliphatic heterocycles. The zero-order valence-electron chi connectivity index (χ0n) is 12.7. The van der Waals surface area contributed by atoms with Crippen LogP contribution in [0.2, 0.25) is 0 Å². The molecule has 21 heavy (non-hydrogen) atoms. The highest BCUT2D eigenvalue weighted by molar-refractivity contribution is 5.44. The lowest BCUT2D eigenvalue weighted by atomic mass is 9.89. The second-order valence-corrected chi connectivity index (χ2v) is 6.06. The first kappa shape index (κ1) is 14.6. The van der Waals surface area contributed by atoms with Gasteiger partial charge < -0.3 is 19.3 Å². The summed E-state index contributed by atoms with van der Waals surface area (Å²) in [5.41, 5.74) is 0.504. The Morgan fingerprint density at radius 1 is 1.05 bits per heavy atom. The molecule has 1 aromatic carbocycles. The van der Waals surface area contributed by atoms with Crippen LogP contribution in [0.5, 0.6) is 11.5 Å². The van der Waals surface area contributed by atoms with Crippen LogP contribution in [0, 0.1) is 0 Å². The molecule has 1 atom stereocenters. The maximum Gasteiger partial charge on any atom is 0.161 e. The third kappa shape index (κ3) is 2.86. The van der Waals surface area contributed by atoms with Crippen LogP contribution in [-0.4, -0.2) is 55.1 Å². The largest absolute Gasteiger partial charge is 0.486 e. The van der Waals surface area contributed by atoms with Gasteiger partial charge in [-0.25, -0.2) is 0 Å². The molecule has 0 saturated carbocycles. The Morgan fingerprint density at radius 3 is 2.43 bits per heavy atom.